The van der Waals surface area contributed by atoms with Crippen LogP contribution in [0.1, 0.15) is 11.1 Å². The SMILES string of the molecule is COc1cc(C=CC=Cc2cc(OC)c(Br)cc2OC)c(OC)cc1Br. The summed E-state index contributed by atoms with van der Waals surface area (Å²) in [6.45, 7) is 0. The second-order valence-electron chi connectivity index (χ2n) is 5.18. The number of ether oxygens (including phenoxy) is 4. The summed E-state index contributed by atoms with van der Waals surface area (Å²) in [5.41, 5.74) is 1.83. The average molecular weight is 484 g/mol. The largest absolute Gasteiger partial charge is 0.496 e. The molecule has 2 aromatic rings. The standard InChI is InChI=1S/C20H20Br2O4/c1-23-17-11-15(21)19(25-3)9-13(17)7-5-6-8-14-10-20(26-4)16(22)12-18(14)24-2/h5-12H,1-4H3. The van der Waals surface area contributed by atoms with Gasteiger partial charge in [-0.25, -0.2) is 0 Å². The Hall–Kier alpha value is -1.92. The summed E-state index contributed by atoms with van der Waals surface area (Å²) in [7, 11) is 6.54. The van der Waals surface area contributed by atoms with Crippen LogP contribution in [0, 0.1) is 0 Å². The molecule has 0 fully saturated rings. The zero-order valence-corrected chi connectivity index (χ0v) is 18.2. The summed E-state index contributed by atoms with van der Waals surface area (Å²) in [6.07, 6.45) is 7.76. The van der Waals surface area contributed by atoms with Gasteiger partial charge >= 0.3 is 0 Å². The first kappa shape index (κ1) is 20.4. The second kappa shape index (κ2) is 9.69. The Bertz CT molecular complexity index is 760. The molecule has 0 N–H and O–H groups in total. The van der Waals surface area contributed by atoms with E-state index >= 15 is 0 Å². The van der Waals surface area contributed by atoms with Crippen molar-refractivity contribution in [3.63, 3.8) is 0 Å². The number of halogens is 2. The number of hydrogen-bond donors (Lipinski definition) is 0. The predicted octanol–water partition coefficient (Wildman–Crippen LogP) is 5.97. The van der Waals surface area contributed by atoms with Crippen LogP contribution in [-0.2, 0) is 0 Å². The Labute approximate surface area is 170 Å². The highest BCUT2D eigenvalue weighted by molar-refractivity contribution is 9.10. The highest BCUT2D eigenvalue weighted by Gasteiger charge is 2.08. The Morgan fingerprint density at radius 1 is 0.577 bits per heavy atom. The Balaban J connectivity index is 2.28. The van der Waals surface area contributed by atoms with Gasteiger partial charge in [-0.1, -0.05) is 24.3 Å². The van der Waals surface area contributed by atoms with E-state index in [1.807, 2.05) is 48.6 Å². The van der Waals surface area contributed by atoms with Crippen molar-refractivity contribution >= 4 is 44.0 Å². The van der Waals surface area contributed by atoms with Gasteiger partial charge in [-0.15, -0.1) is 0 Å². The molecule has 0 heterocycles. The van der Waals surface area contributed by atoms with E-state index in [1.54, 1.807) is 28.4 Å². The third kappa shape index (κ3) is 4.83. The predicted molar refractivity (Wildman–Crippen MR) is 113 cm³/mol. The van der Waals surface area contributed by atoms with E-state index in [2.05, 4.69) is 31.9 Å². The van der Waals surface area contributed by atoms with Crippen LogP contribution >= 0.6 is 31.9 Å². The molecule has 0 aliphatic rings. The lowest BCUT2D eigenvalue weighted by molar-refractivity contribution is 0.400. The average Bonchev–Trinajstić information content (AvgIpc) is 2.66. The lowest BCUT2D eigenvalue weighted by atomic mass is 10.1. The first-order chi connectivity index (χ1) is 12.5. The van der Waals surface area contributed by atoms with Gasteiger partial charge in [0.05, 0.1) is 37.4 Å². The van der Waals surface area contributed by atoms with Crippen molar-refractivity contribution in [2.45, 2.75) is 0 Å². The van der Waals surface area contributed by atoms with Crippen LogP contribution < -0.4 is 18.9 Å². The smallest absolute Gasteiger partial charge is 0.133 e. The van der Waals surface area contributed by atoms with Crippen molar-refractivity contribution in [3.05, 3.63) is 56.5 Å². The highest BCUT2D eigenvalue weighted by atomic mass is 79.9. The summed E-state index contributed by atoms with van der Waals surface area (Å²) >= 11 is 6.91. The molecule has 0 spiro atoms. The number of hydrogen-bond acceptors (Lipinski definition) is 4. The van der Waals surface area contributed by atoms with Crippen molar-refractivity contribution in [2.75, 3.05) is 28.4 Å². The van der Waals surface area contributed by atoms with Gasteiger partial charge in [-0.3, -0.25) is 0 Å². The van der Waals surface area contributed by atoms with Crippen LogP contribution in [-0.4, -0.2) is 28.4 Å². The van der Waals surface area contributed by atoms with Crippen LogP contribution in [0.15, 0.2) is 45.4 Å². The first-order valence-electron chi connectivity index (χ1n) is 7.71. The fourth-order valence-corrected chi connectivity index (χ4v) is 3.32. The highest BCUT2D eigenvalue weighted by Crippen LogP contribution is 2.34. The van der Waals surface area contributed by atoms with Gasteiger partial charge in [-0.2, -0.15) is 0 Å². The first-order valence-corrected chi connectivity index (χ1v) is 9.30. The molecule has 6 heteroatoms. The van der Waals surface area contributed by atoms with E-state index in [0.717, 1.165) is 43.1 Å². The van der Waals surface area contributed by atoms with Crippen molar-refractivity contribution in [2.24, 2.45) is 0 Å². The number of benzene rings is 2. The molecule has 138 valence electrons. The molecular formula is C20H20Br2O4. The number of rotatable bonds is 7. The molecule has 0 amide bonds. The maximum Gasteiger partial charge on any atom is 0.133 e. The molecule has 0 unspecified atom stereocenters. The van der Waals surface area contributed by atoms with Crippen LogP contribution in [0.4, 0.5) is 0 Å². The summed E-state index contributed by atoms with van der Waals surface area (Å²) < 4.78 is 23.2. The minimum Gasteiger partial charge on any atom is -0.496 e. The molecule has 2 aromatic carbocycles. The van der Waals surface area contributed by atoms with Gasteiger partial charge in [0, 0.05) is 11.1 Å². The third-order valence-electron chi connectivity index (χ3n) is 3.67. The second-order valence-corrected chi connectivity index (χ2v) is 6.88. The minimum absolute atomic E-state index is 0.744. The summed E-state index contributed by atoms with van der Waals surface area (Å²) in [5, 5.41) is 0. The fourth-order valence-electron chi connectivity index (χ4n) is 2.35. The maximum absolute atomic E-state index is 5.42. The van der Waals surface area contributed by atoms with Gasteiger partial charge in [0.1, 0.15) is 23.0 Å². The lowest BCUT2D eigenvalue weighted by Crippen LogP contribution is -1.91. The zero-order valence-electron chi connectivity index (χ0n) is 15.0. The van der Waals surface area contributed by atoms with Crippen molar-refractivity contribution < 1.29 is 18.9 Å². The molecule has 0 aliphatic heterocycles. The quantitative estimate of drug-likeness (QED) is 0.454. The molecular weight excluding hydrogens is 464 g/mol. The molecule has 0 saturated heterocycles. The van der Waals surface area contributed by atoms with Crippen LogP contribution in [0.3, 0.4) is 0 Å². The van der Waals surface area contributed by atoms with E-state index in [4.69, 9.17) is 18.9 Å². The molecule has 2 rings (SSSR count). The van der Waals surface area contributed by atoms with Gasteiger partial charge in [0.25, 0.3) is 0 Å². The van der Waals surface area contributed by atoms with Crippen LogP contribution in [0.5, 0.6) is 23.0 Å². The molecule has 0 bridgehead atoms. The zero-order chi connectivity index (χ0) is 19.1. The topological polar surface area (TPSA) is 36.9 Å². The fraction of sp³-hybridized carbons (Fsp3) is 0.200. The molecule has 0 aliphatic carbocycles. The van der Waals surface area contributed by atoms with E-state index in [-0.39, 0.29) is 0 Å². The van der Waals surface area contributed by atoms with Gasteiger partial charge < -0.3 is 18.9 Å². The van der Waals surface area contributed by atoms with E-state index in [1.165, 1.54) is 0 Å². The van der Waals surface area contributed by atoms with E-state index < -0.39 is 0 Å². The molecule has 4 nitrogen and oxygen atoms in total. The van der Waals surface area contributed by atoms with Crippen molar-refractivity contribution in [3.8, 4) is 23.0 Å². The van der Waals surface area contributed by atoms with Crippen LogP contribution in [0.2, 0.25) is 0 Å². The summed E-state index contributed by atoms with van der Waals surface area (Å²) in [6, 6.07) is 7.59. The summed E-state index contributed by atoms with van der Waals surface area (Å²) in [4.78, 5) is 0. The third-order valence-corrected chi connectivity index (χ3v) is 4.91. The monoisotopic (exact) mass is 482 g/mol. The Kier molecular flexibility index (Phi) is 7.60. The Morgan fingerprint density at radius 3 is 1.23 bits per heavy atom. The van der Waals surface area contributed by atoms with E-state index in [9.17, 15) is 0 Å². The van der Waals surface area contributed by atoms with Gasteiger partial charge in [0.2, 0.25) is 0 Å². The minimum atomic E-state index is 0.744. The molecule has 26 heavy (non-hydrogen) atoms. The molecule has 0 saturated carbocycles. The van der Waals surface area contributed by atoms with Gasteiger partial charge in [-0.05, 0) is 56.1 Å². The lowest BCUT2D eigenvalue weighted by Gasteiger charge is -2.10. The molecule has 0 aromatic heterocycles. The van der Waals surface area contributed by atoms with E-state index in [0.29, 0.717) is 0 Å². The molecule has 0 atom stereocenters. The summed E-state index contributed by atoms with van der Waals surface area (Å²) in [5.74, 6) is 3.00. The normalized spacial score (nSPS) is 11.2. The maximum atomic E-state index is 5.42. The molecule has 0 radical (unpaired) electrons. The van der Waals surface area contributed by atoms with Gasteiger partial charge in [0.15, 0.2) is 0 Å². The number of allylic oxidation sites excluding steroid dienone is 2. The van der Waals surface area contributed by atoms with Crippen molar-refractivity contribution in [1.29, 1.82) is 0 Å². The van der Waals surface area contributed by atoms with Crippen molar-refractivity contribution in [1.82, 2.24) is 0 Å². The van der Waals surface area contributed by atoms with Crippen LogP contribution in [0.25, 0.3) is 12.2 Å². The Morgan fingerprint density at radius 2 is 0.923 bits per heavy atom. The number of methoxy groups -OCH3 is 4.